The van der Waals surface area contributed by atoms with E-state index in [0.29, 0.717) is 16.3 Å². The van der Waals surface area contributed by atoms with Crippen LogP contribution in [0.15, 0.2) is 47.6 Å². The monoisotopic (exact) mass is 332 g/mol. The highest BCUT2D eigenvalue weighted by Gasteiger charge is 2.30. The Morgan fingerprint density at radius 2 is 1.81 bits per heavy atom. The van der Waals surface area contributed by atoms with Crippen molar-refractivity contribution in [2.45, 2.75) is 17.2 Å². The van der Waals surface area contributed by atoms with E-state index in [-0.39, 0.29) is 6.04 Å². The van der Waals surface area contributed by atoms with Crippen molar-refractivity contribution in [2.75, 3.05) is 5.75 Å². The van der Waals surface area contributed by atoms with E-state index >= 15 is 0 Å². The highest BCUT2D eigenvalue weighted by atomic mass is 35.5. The van der Waals surface area contributed by atoms with Crippen LogP contribution in [0.1, 0.15) is 17.2 Å². The van der Waals surface area contributed by atoms with Crippen LogP contribution in [0.3, 0.4) is 0 Å². The summed E-state index contributed by atoms with van der Waals surface area (Å²) in [6.45, 7) is 0. The number of halogens is 4. The lowest BCUT2D eigenvalue weighted by Crippen LogP contribution is -2.13. The smallest absolute Gasteiger partial charge is 0.323 e. The Labute approximate surface area is 129 Å². The second kappa shape index (κ2) is 6.68. The molecule has 0 radical (unpaired) electrons. The van der Waals surface area contributed by atoms with Gasteiger partial charge in [-0.3, -0.25) is 0 Å². The summed E-state index contributed by atoms with van der Waals surface area (Å²) in [5, 5.41) is 1.31. The van der Waals surface area contributed by atoms with Crippen molar-refractivity contribution in [3.05, 3.63) is 58.7 Å². The molecule has 2 N–H and O–H groups in total. The second-order valence-electron chi connectivity index (χ2n) is 4.35. The van der Waals surface area contributed by atoms with Gasteiger partial charge in [0.1, 0.15) is 0 Å². The quantitative estimate of drug-likeness (QED) is 0.835. The van der Waals surface area contributed by atoms with Crippen molar-refractivity contribution in [1.29, 1.82) is 0 Å². The minimum Gasteiger partial charge on any atom is -0.323 e. The second-order valence-corrected chi connectivity index (χ2v) is 5.83. The first-order chi connectivity index (χ1) is 9.86. The van der Waals surface area contributed by atoms with E-state index in [1.165, 1.54) is 30.1 Å². The van der Waals surface area contributed by atoms with Gasteiger partial charge in [-0.1, -0.05) is 23.7 Å². The average molecular weight is 333 g/mol. The van der Waals surface area contributed by atoms with E-state index in [1.54, 1.807) is 12.1 Å². The molecule has 2 aromatic rings. The Kier molecular flexibility index (Phi) is 5.13. The third kappa shape index (κ3) is 4.62. The number of aromatic nitrogens is 1. The van der Waals surface area contributed by atoms with Crippen molar-refractivity contribution in [2.24, 2.45) is 5.73 Å². The molecule has 1 atom stereocenters. The van der Waals surface area contributed by atoms with Crippen molar-refractivity contribution in [3.63, 3.8) is 0 Å². The lowest BCUT2D eigenvalue weighted by molar-refractivity contribution is -0.137. The molecule has 0 amide bonds. The molecule has 0 aliphatic carbocycles. The summed E-state index contributed by atoms with van der Waals surface area (Å²) in [5.41, 5.74) is 5.96. The molecule has 2 rings (SSSR count). The third-order valence-electron chi connectivity index (χ3n) is 2.78. The van der Waals surface area contributed by atoms with Crippen LogP contribution in [-0.2, 0) is 6.18 Å². The fraction of sp³-hybridized carbons (Fsp3) is 0.214. The normalized spacial score (nSPS) is 13.2. The zero-order valence-corrected chi connectivity index (χ0v) is 12.3. The number of alkyl halides is 3. The highest BCUT2D eigenvalue weighted by Crippen LogP contribution is 2.30. The Morgan fingerprint density at radius 3 is 2.33 bits per heavy atom. The van der Waals surface area contributed by atoms with Crippen LogP contribution in [0, 0.1) is 0 Å². The van der Waals surface area contributed by atoms with Gasteiger partial charge in [-0.25, -0.2) is 4.98 Å². The van der Waals surface area contributed by atoms with Crippen LogP contribution in [0.25, 0.3) is 0 Å². The van der Waals surface area contributed by atoms with E-state index < -0.39 is 11.7 Å². The van der Waals surface area contributed by atoms with E-state index in [1.807, 2.05) is 0 Å². The molecule has 21 heavy (non-hydrogen) atoms. The summed E-state index contributed by atoms with van der Waals surface area (Å²) in [6, 6.07) is 8.02. The molecule has 1 aromatic carbocycles. The van der Waals surface area contributed by atoms with E-state index in [4.69, 9.17) is 17.3 Å². The Bertz CT molecular complexity index is 585. The summed E-state index contributed by atoms with van der Waals surface area (Å²) >= 11 is 7.16. The average Bonchev–Trinajstić information content (AvgIpc) is 2.45. The maximum absolute atomic E-state index is 12.5. The van der Waals surface area contributed by atoms with Crippen molar-refractivity contribution >= 4 is 23.4 Å². The summed E-state index contributed by atoms with van der Waals surface area (Å²) in [6.07, 6.45) is -2.79. The highest BCUT2D eigenvalue weighted by molar-refractivity contribution is 7.99. The molecule has 1 heterocycles. The van der Waals surface area contributed by atoms with Gasteiger partial charge < -0.3 is 5.73 Å². The van der Waals surface area contributed by atoms with Crippen LogP contribution >= 0.6 is 23.4 Å². The minimum atomic E-state index is -4.33. The Morgan fingerprint density at radius 1 is 1.14 bits per heavy atom. The Balaban J connectivity index is 1.97. The molecule has 112 valence electrons. The SMILES string of the molecule is NC(CSc1ccc(Cl)cn1)c1ccc(C(F)(F)F)cc1. The lowest BCUT2D eigenvalue weighted by atomic mass is 10.1. The molecule has 2 nitrogen and oxygen atoms in total. The van der Waals surface area contributed by atoms with Gasteiger partial charge >= 0.3 is 6.18 Å². The molecule has 7 heteroatoms. The van der Waals surface area contributed by atoms with E-state index in [9.17, 15) is 13.2 Å². The van der Waals surface area contributed by atoms with Gasteiger partial charge in [0.15, 0.2) is 0 Å². The van der Waals surface area contributed by atoms with Gasteiger partial charge in [0.25, 0.3) is 0 Å². The summed E-state index contributed by atoms with van der Waals surface area (Å²) in [4.78, 5) is 4.12. The topological polar surface area (TPSA) is 38.9 Å². The van der Waals surface area contributed by atoms with Gasteiger partial charge in [0, 0.05) is 18.0 Å². The number of thioether (sulfide) groups is 1. The predicted octanol–water partition coefficient (Wildman–Crippen LogP) is 4.55. The van der Waals surface area contributed by atoms with E-state index in [0.717, 1.165) is 17.2 Å². The van der Waals surface area contributed by atoms with Crippen molar-refractivity contribution < 1.29 is 13.2 Å². The number of hydrogen-bond donors (Lipinski definition) is 1. The first-order valence-electron chi connectivity index (χ1n) is 6.03. The van der Waals surface area contributed by atoms with Crippen molar-refractivity contribution in [1.82, 2.24) is 4.98 Å². The van der Waals surface area contributed by atoms with Crippen LogP contribution in [0.4, 0.5) is 13.2 Å². The molecule has 0 saturated heterocycles. The van der Waals surface area contributed by atoms with Crippen LogP contribution < -0.4 is 5.73 Å². The fourth-order valence-corrected chi connectivity index (χ4v) is 2.58. The number of rotatable bonds is 4. The van der Waals surface area contributed by atoms with Gasteiger partial charge in [0.05, 0.1) is 15.6 Å². The van der Waals surface area contributed by atoms with Gasteiger partial charge in [0.2, 0.25) is 0 Å². The minimum absolute atomic E-state index is 0.366. The standard InChI is InChI=1S/C14H12ClF3N2S/c15-11-5-6-13(20-7-11)21-8-12(19)9-1-3-10(4-2-9)14(16,17)18/h1-7,12H,8,19H2. The number of pyridine rings is 1. The van der Waals surface area contributed by atoms with Gasteiger partial charge in [-0.2, -0.15) is 13.2 Å². The lowest BCUT2D eigenvalue weighted by Gasteiger charge is -2.13. The predicted molar refractivity (Wildman–Crippen MR) is 78.3 cm³/mol. The zero-order chi connectivity index (χ0) is 15.5. The molecule has 1 aromatic heterocycles. The maximum atomic E-state index is 12.5. The van der Waals surface area contributed by atoms with Gasteiger partial charge in [-0.15, -0.1) is 11.8 Å². The molecular formula is C14H12ClF3N2S. The number of nitrogens with zero attached hydrogens (tertiary/aromatic N) is 1. The molecule has 0 aliphatic heterocycles. The van der Waals surface area contributed by atoms with E-state index in [2.05, 4.69) is 4.98 Å². The largest absolute Gasteiger partial charge is 0.416 e. The molecule has 1 unspecified atom stereocenters. The summed E-state index contributed by atoms with van der Waals surface area (Å²) in [5.74, 6) is 0.514. The van der Waals surface area contributed by atoms with Crippen LogP contribution in [0.5, 0.6) is 0 Å². The summed E-state index contributed by atoms with van der Waals surface area (Å²) in [7, 11) is 0. The third-order valence-corrected chi connectivity index (χ3v) is 4.06. The molecule has 0 bridgehead atoms. The number of nitrogens with two attached hydrogens (primary N) is 1. The first-order valence-corrected chi connectivity index (χ1v) is 7.40. The maximum Gasteiger partial charge on any atom is 0.416 e. The molecule has 0 spiro atoms. The first kappa shape index (κ1) is 16.1. The summed E-state index contributed by atoms with van der Waals surface area (Å²) < 4.78 is 37.4. The molecular weight excluding hydrogens is 321 g/mol. The molecule has 0 saturated carbocycles. The van der Waals surface area contributed by atoms with Crippen molar-refractivity contribution in [3.8, 4) is 0 Å². The molecule has 0 fully saturated rings. The molecule has 0 aliphatic rings. The zero-order valence-electron chi connectivity index (χ0n) is 10.8. The van der Waals surface area contributed by atoms with Gasteiger partial charge in [-0.05, 0) is 29.8 Å². The Hall–Kier alpha value is -1.24. The van der Waals surface area contributed by atoms with Crippen LogP contribution in [0.2, 0.25) is 5.02 Å². The number of benzene rings is 1. The number of hydrogen-bond acceptors (Lipinski definition) is 3. The van der Waals surface area contributed by atoms with Crippen LogP contribution in [-0.4, -0.2) is 10.7 Å². The fourth-order valence-electron chi connectivity index (χ4n) is 1.64.